The second kappa shape index (κ2) is 9.93. The smallest absolute Gasteiger partial charge is 0.226 e. The lowest BCUT2D eigenvalue weighted by Crippen LogP contribution is -2.46. The molecule has 1 aliphatic heterocycles. The van der Waals surface area contributed by atoms with Gasteiger partial charge in [-0.3, -0.25) is 4.90 Å². The van der Waals surface area contributed by atoms with Gasteiger partial charge in [0.15, 0.2) is 11.5 Å². The molecule has 0 radical (unpaired) electrons. The lowest BCUT2D eigenvalue weighted by Gasteiger charge is -2.36. The third-order valence-corrected chi connectivity index (χ3v) is 6.41. The summed E-state index contributed by atoms with van der Waals surface area (Å²) in [5, 5.41) is 10.1. The third kappa shape index (κ3) is 4.89. The van der Waals surface area contributed by atoms with Gasteiger partial charge >= 0.3 is 0 Å². The van der Waals surface area contributed by atoms with Crippen molar-refractivity contribution >= 4 is 39.8 Å². The molecule has 0 saturated carbocycles. The summed E-state index contributed by atoms with van der Waals surface area (Å²) in [5.74, 6) is 1.64. The van der Waals surface area contributed by atoms with Gasteiger partial charge in [-0.1, -0.05) is 36.7 Å². The van der Waals surface area contributed by atoms with Crippen molar-refractivity contribution in [1.82, 2.24) is 24.5 Å². The molecule has 0 aliphatic carbocycles. The molecule has 1 fully saturated rings. The Hall–Kier alpha value is -2.90. The average molecular weight is 464 g/mol. The largest absolute Gasteiger partial charge is 0.369 e. The van der Waals surface area contributed by atoms with E-state index < -0.39 is 0 Å². The Bertz CT molecular complexity index is 1230. The Morgan fingerprint density at radius 2 is 1.85 bits per heavy atom. The first-order chi connectivity index (χ1) is 16.2. The van der Waals surface area contributed by atoms with Crippen molar-refractivity contribution in [2.75, 3.05) is 49.5 Å². The van der Waals surface area contributed by atoms with E-state index in [0.29, 0.717) is 0 Å². The van der Waals surface area contributed by atoms with Crippen LogP contribution in [0.15, 0.2) is 48.5 Å². The number of fused-ring (bicyclic) bond motifs is 3. The van der Waals surface area contributed by atoms with Gasteiger partial charge in [-0.25, -0.2) is 9.97 Å². The van der Waals surface area contributed by atoms with Crippen molar-refractivity contribution in [1.29, 1.82) is 0 Å². The van der Waals surface area contributed by atoms with E-state index in [1.165, 1.54) is 5.69 Å². The van der Waals surface area contributed by atoms with Gasteiger partial charge in [-0.15, -0.1) is 5.10 Å². The molecule has 5 rings (SSSR count). The molecule has 2 aromatic carbocycles. The van der Waals surface area contributed by atoms with E-state index in [2.05, 4.69) is 40.2 Å². The second-order valence-electron chi connectivity index (χ2n) is 8.55. The Morgan fingerprint density at radius 1 is 1.00 bits per heavy atom. The number of halogens is 1. The molecular weight excluding hydrogens is 434 g/mol. The molecule has 33 heavy (non-hydrogen) atoms. The van der Waals surface area contributed by atoms with Gasteiger partial charge in [-0.2, -0.15) is 4.52 Å². The van der Waals surface area contributed by atoms with Crippen LogP contribution in [0.4, 0.5) is 11.6 Å². The van der Waals surface area contributed by atoms with Crippen LogP contribution in [-0.4, -0.2) is 63.8 Å². The van der Waals surface area contributed by atoms with Gasteiger partial charge in [0.1, 0.15) is 0 Å². The van der Waals surface area contributed by atoms with Crippen molar-refractivity contribution in [3.8, 4) is 0 Å². The number of piperazine rings is 1. The van der Waals surface area contributed by atoms with E-state index in [1.54, 1.807) is 0 Å². The van der Waals surface area contributed by atoms with Gasteiger partial charge < -0.3 is 10.2 Å². The van der Waals surface area contributed by atoms with Crippen LogP contribution < -0.4 is 10.2 Å². The van der Waals surface area contributed by atoms with Gasteiger partial charge in [0, 0.05) is 55.2 Å². The molecular formula is C25H30ClN7. The number of hydrogen-bond acceptors (Lipinski definition) is 6. The van der Waals surface area contributed by atoms with Crippen LogP contribution in [0, 0.1) is 0 Å². The molecule has 1 aliphatic rings. The van der Waals surface area contributed by atoms with Crippen LogP contribution in [-0.2, 0) is 6.42 Å². The van der Waals surface area contributed by atoms with Crippen LogP contribution >= 0.6 is 11.6 Å². The van der Waals surface area contributed by atoms with E-state index in [4.69, 9.17) is 26.7 Å². The molecule has 7 nitrogen and oxygen atoms in total. The topological polar surface area (TPSA) is 61.6 Å². The Kier molecular flexibility index (Phi) is 6.60. The minimum atomic E-state index is 0.768. The first kappa shape index (κ1) is 21.9. The highest BCUT2D eigenvalue weighted by Crippen LogP contribution is 2.22. The number of benzene rings is 2. The number of rotatable bonds is 8. The molecule has 3 heterocycles. The number of anilines is 2. The number of aromatic nitrogens is 4. The lowest BCUT2D eigenvalue weighted by molar-refractivity contribution is 0.257. The maximum absolute atomic E-state index is 6.15. The number of hydrogen-bond donors (Lipinski definition) is 1. The van der Waals surface area contributed by atoms with Crippen LogP contribution in [0.3, 0.4) is 0 Å². The van der Waals surface area contributed by atoms with Crippen molar-refractivity contribution in [2.24, 2.45) is 0 Å². The average Bonchev–Trinajstić information content (AvgIpc) is 3.27. The normalized spacial score (nSPS) is 14.9. The molecule has 172 valence electrons. The third-order valence-electron chi connectivity index (χ3n) is 6.18. The van der Waals surface area contributed by atoms with Gasteiger partial charge in [-0.05, 0) is 49.7 Å². The summed E-state index contributed by atoms with van der Waals surface area (Å²) in [6.07, 6.45) is 2.94. The Morgan fingerprint density at radius 3 is 2.67 bits per heavy atom. The summed E-state index contributed by atoms with van der Waals surface area (Å²) in [4.78, 5) is 14.6. The van der Waals surface area contributed by atoms with Gasteiger partial charge in [0.05, 0.1) is 5.52 Å². The fourth-order valence-electron chi connectivity index (χ4n) is 4.45. The molecule has 0 bridgehead atoms. The number of nitrogens with one attached hydrogen (secondary N) is 1. The maximum Gasteiger partial charge on any atom is 0.226 e. The van der Waals surface area contributed by atoms with Crippen LogP contribution in [0.5, 0.6) is 0 Å². The van der Waals surface area contributed by atoms with Crippen molar-refractivity contribution < 1.29 is 0 Å². The van der Waals surface area contributed by atoms with Crippen molar-refractivity contribution in [3.05, 3.63) is 59.4 Å². The zero-order chi connectivity index (χ0) is 22.6. The molecule has 1 saturated heterocycles. The SMILES string of the molecule is CCCc1nc2c3ccccc3nc(NCCCN3CCN(c4cccc(Cl)c4)CC3)n2n1. The summed E-state index contributed by atoms with van der Waals surface area (Å²) in [7, 11) is 0. The summed E-state index contributed by atoms with van der Waals surface area (Å²) < 4.78 is 1.87. The second-order valence-corrected chi connectivity index (χ2v) is 8.99. The standard InChI is InChI=1S/C25H30ClN7/c1-2-7-23-29-24-21-10-3-4-11-22(21)28-25(33(24)30-23)27-12-6-13-31-14-16-32(17-15-31)20-9-5-8-19(26)18-20/h3-5,8-11,18H,2,6-7,12-17H2,1H3,(H,27,28). The van der Waals surface area contributed by atoms with Crippen molar-refractivity contribution in [3.63, 3.8) is 0 Å². The van der Waals surface area contributed by atoms with E-state index in [9.17, 15) is 0 Å². The van der Waals surface area contributed by atoms with Crippen molar-refractivity contribution in [2.45, 2.75) is 26.2 Å². The number of aryl methyl sites for hydroxylation is 1. The molecule has 0 unspecified atom stereocenters. The molecule has 1 N–H and O–H groups in total. The quantitative estimate of drug-likeness (QED) is 0.388. The minimum absolute atomic E-state index is 0.768. The molecule has 0 spiro atoms. The molecule has 2 aromatic heterocycles. The van der Waals surface area contributed by atoms with Crippen LogP contribution in [0.1, 0.15) is 25.6 Å². The molecule has 8 heteroatoms. The van der Waals surface area contributed by atoms with Gasteiger partial charge in [0.2, 0.25) is 5.95 Å². The Balaban J connectivity index is 1.18. The summed E-state index contributed by atoms with van der Waals surface area (Å²) in [6.45, 7) is 8.24. The van der Waals surface area contributed by atoms with E-state index in [0.717, 1.165) is 91.9 Å². The predicted molar refractivity (Wildman–Crippen MR) is 135 cm³/mol. The van der Waals surface area contributed by atoms with E-state index in [1.807, 2.05) is 34.8 Å². The van der Waals surface area contributed by atoms with Crippen LogP contribution in [0.2, 0.25) is 5.02 Å². The minimum Gasteiger partial charge on any atom is -0.369 e. The molecule has 0 amide bonds. The molecule has 0 atom stereocenters. The maximum atomic E-state index is 6.15. The predicted octanol–water partition coefficient (Wildman–Crippen LogP) is 4.51. The number of para-hydroxylation sites is 1. The highest BCUT2D eigenvalue weighted by molar-refractivity contribution is 6.30. The summed E-state index contributed by atoms with van der Waals surface area (Å²) >= 11 is 6.15. The van der Waals surface area contributed by atoms with Gasteiger partial charge in [0.25, 0.3) is 0 Å². The van der Waals surface area contributed by atoms with Crippen LogP contribution in [0.25, 0.3) is 16.6 Å². The highest BCUT2D eigenvalue weighted by atomic mass is 35.5. The summed E-state index contributed by atoms with van der Waals surface area (Å²) in [6, 6.07) is 16.3. The number of nitrogens with zero attached hydrogens (tertiary/aromatic N) is 6. The lowest BCUT2D eigenvalue weighted by atomic mass is 10.2. The molecule has 4 aromatic rings. The summed E-state index contributed by atoms with van der Waals surface area (Å²) in [5.41, 5.74) is 3.04. The Labute approximate surface area is 199 Å². The fraction of sp³-hybridized carbons (Fsp3) is 0.400. The highest BCUT2D eigenvalue weighted by Gasteiger charge is 2.17. The van der Waals surface area contributed by atoms with E-state index >= 15 is 0 Å². The first-order valence-electron chi connectivity index (χ1n) is 11.8. The monoisotopic (exact) mass is 463 g/mol. The zero-order valence-corrected chi connectivity index (χ0v) is 19.8. The first-order valence-corrected chi connectivity index (χ1v) is 12.2. The fourth-order valence-corrected chi connectivity index (χ4v) is 4.63. The van der Waals surface area contributed by atoms with E-state index in [-0.39, 0.29) is 0 Å². The zero-order valence-electron chi connectivity index (χ0n) is 19.0.